The predicted molar refractivity (Wildman–Crippen MR) is 112 cm³/mol. The molecule has 0 saturated carbocycles. The Morgan fingerprint density at radius 1 is 1.24 bits per heavy atom. The van der Waals surface area contributed by atoms with Crippen LogP contribution in [0.1, 0.15) is 18.9 Å². The van der Waals surface area contributed by atoms with Crippen molar-refractivity contribution in [1.29, 1.82) is 0 Å². The van der Waals surface area contributed by atoms with Gasteiger partial charge < -0.3 is 15.4 Å². The normalized spacial score (nSPS) is 18.3. The third-order valence-corrected chi connectivity index (χ3v) is 5.15. The highest BCUT2D eigenvalue weighted by Gasteiger charge is 2.30. The molecular weight excluding hydrogens is 395 g/mol. The van der Waals surface area contributed by atoms with Gasteiger partial charge in [-0.1, -0.05) is 36.0 Å². The first-order valence-corrected chi connectivity index (χ1v) is 9.63. The number of anilines is 1. The highest BCUT2D eigenvalue weighted by Crippen LogP contribution is 2.26. The zero-order valence-corrected chi connectivity index (χ0v) is 16.6. The van der Waals surface area contributed by atoms with E-state index in [0.717, 1.165) is 11.8 Å². The van der Waals surface area contributed by atoms with Crippen LogP contribution in [0.4, 0.5) is 10.1 Å². The van der Waals surface area contributed by atoms with Crippen LogP contribution >= 0.6 is 11.8 Å². The largest absolute Gasteiger partial charge is 0.495 e. The number of ether oxygens (including phenoxy) is 1. The van der Waals surface area contributed by atoms with E-state index in [1.165, 1.54) is 19.2 Å². The van der Waals surface area contributed by atoms with Crippen molar-refractivity contribution in [3.8, 4) is 5.75 Å². The number of nitrogens with zero attached hydrogens (tertiary/aromatic N) is 2. The lowest BCUT2D eigenvalue weighted by Gasteiger charge is -2.22. The van der Waals surface area contributed by atoms with E-state index in [9.17, 15) is 14.0 Å². The summed E-state index contributed by atoms with van der Waals surface area (Å²) in [5, 5.41) is 13.1. The van der Waals surface area contributed by atoms with Crippen molar-refractivity contribution in [2.24, 2.45) is 10.2 Å². The van der Waals surface area contributed by atoms with Gasteiger partial charge in [-0.05, 0) is 36.8 Å². The summed E-state index contributed by atoms with van der Waals surface area (Å²) in [5.74, 6) is -0.468. The van der Waals surface area contributed by atoms with Crippen LogP contribution in [-0.2, 0) is 9.59 Å². The number of thioether (sulfide) groups is 1. The first-order chi connectivity index (χ1) is 14.0. The molecule has 1 atom stereocenters. The maximum absolute atomic E-state index is 13.0. The molecule has 1 fully saturated rings. The Labute approximate surface area is 171 Å². The number of carbonyl (C=O) groups excluding carboxylic acids is 2. The molecule has 0 aliphatic carbocycles. The minimum Gasteiger partial charge on any atom is -0.495 e. The lowest BCUT2D eigenvalue weighted by Crippen LogP contribution is -2.41. The van der Waals surface area contributed by atoms with Crippen LogP contribution in [0.5, 0.6) is 5.75 Å². The van der Waals surface area contributed by atoms with Gasteiger partial charge >= 0.3 is 0 Å². The summed E-state index contributed by atoms with van der Waals surface area (Å²) in [6.45, 7) is 1.72. The molecule has 1 heterocycles. The van der Waals surface area contributed by atoms with E-state index < -0.39 is 5.25 Å². The van der Waals surface area contributed by atoms with Crippen LogP contribution in [0, 0.1) is 5.82 Å². The molecule has 0 aromatic heterocycles. The molecule has 1 saturated heterocycles. The monoisotopic (exact) mass is 414 g/mol. The summed E-state index contributed by atoms with van der Waals surface area (Å²) in [5.41, 5.74) is 1.77. The molecular formula is C20H19FN4O3S. The molecule has 0 bridgehead atoms. The minimum absolute atomic E-state index is 0.0192. The van der Waals surface area contributed by atoms with Crippen molar-refractivity contribution >= 4 is 40.1 Å². The number of hydrogen-bond donors (Lipinski definition) is 2. The van der Waals surface area contributed by atoms with Crippen LogP contribution in [-0.4, -0.2) is 35.1 Å². The van der Waals surface area contributed by atoms with Gasteiger partial charge in [-0.3, -0.25) is 9.59 Å². The summed E-state index contributed by atoms with van der Waals surface area (Å²) in [7, 11) is 1.51. The van der Waals surface area contributed by atoms with Crippen molar-refractivity contribution in [2.75, 3.05) is 12.4 Å². The number of halogens is 1. The second kappa shape index (κ2) is 9.33. The van der Waals surface area contributed by atoms with Crippen LogP contribution in [0.3, 0.4) is 0 Å². The minimum atomic E-state index is -0.659. The van der Waals surface area contributed by atoms with E-state index in [2.05, 4.69) is 20.8 Å². The second-order valence-corrected chi connectivity index (χ2v) is 7.34. The zero-order chi connectivity index (χ0) is 20.8. The SMILES string of the molecule is COc1ccccc1NC(=O)[C@@H]1CC(=O)N/C(=N/N=C(/C)c2ccc(F)cc2)S1. The zero-order valence-electron chi connectivity index (χ0n) is 15.8. The van der Waals surface area contributed by atoms with Gasteiger partial charge in [0.25, 0.3) is 0 Å². The van der Waals surface area contributed by atoms with Gasteiger partial charge in [0.1, 0.15) is 16.8 Å². The maximum atomic E-state index is 13.0. The van der Waals surface area contributed by atoms with Crippen molar-refractivity contribution < 1.29 is 18.7 Å². The van der Waals surface area contributed by atoms with E-state index in [4.69, 9.17) is 4.74 Å². The van der Waals surface area contributed by atoms with Gasteiger partial charge in [-0.15, -0.1) is 5.10 Å². The molecule has 150 valence electrons. The van der Waals surface area contributed by atoms with Gasteiger partial charge in [-0.2, -0.15) is 5.10 Å². The Bertz CT molecular complexity index is 976. The van der Waals surface area contributed by atoms with Crippen molar-refractivity contribution in [1.82, 2.24) is 5.32 Å². The van der Waals surface area contributed by atoms with Crippen LogP contribution in [0.15, 0.2) is 58.7 Å². The quantitative estimate of drug-likeness (QED) is 0.581. The Morgan fingerprint density at radius 3 is 2.69 bits per heavy atom. The Kier molecular flexibility index (Phi) is 6.61. The fraction of sp³-hybridized carbons (Fsp3) is 0.200. The first-order valence-electron chi connectivity index (χ1n) is 8.75. The molecule has 2 amide bonds. The number of amidine groups is 1. The first kappa shape index (κ1) is 20.5. The summed E-state index contributed by atoms with van der Waals surface area (Å²) in [6.07, 6.45) is 0.0192. The van der Waals surface area contributed by atoms with E-state index >= 15 is 0 Å². The maximum Gasteiger partial charge on any atom is 0.238 e. The number of methoxy groups -OCH3 is 1. The topological polar surface area (TPSA) is 92.1 Å². The molecule has 7 nitrogen and oxygen atoms in total. The van der Waals surface area contributed by atoms with E-state index in [-0.39, 0.29) is 29.2 Å². The Morgan fingerprint density at radius 2 is 1.97 bits per heavy atom. The number of rotatable bonds is 5. The number of hydrogen-bond acceptors (Lipinski definition) is 6. The summed E-state index contributed by atoms with van der Waals surface area (Å²) in [4.78, 5) is 24.6. The average molecular weight is 414 g/mol. The molecule has 0 unspecified atom stereocenters. The van der Waals surface area contributed by atoms with Crippen LogP contribution < -0.4 is 15.4 Å². The smallest absolute Gasteiger partial charge is 0.238 e. The van der Waals surface area contributed by atoms with Gasteiger partial charge in [0.05, 0.1) is 18.5 Å². The Hall–Kier alpha value is -3.20. The third kappa shape index (κ3) is 5.41. The average Bonchev–Trinajstić information content (AvgIpc) is 2.72. The molecule has 1 aliphatic heterocycles. The highest BCUT2D eigenvalue weighted by atomic mass is 32.2. The second-order valence-electron chi connectivity index (χ2n) is 6.15. The summed E-state index contributed by atoms with van der Waals surface area (Å²) in [6, 6.07) is 12.9. The number of amides is 2. The molecule has 2 N–H and O–H groups in total. The standard InChI is InChI=1S/C20H19FN4O3S/c1-12(13-7-9-14(21)10-8-13)24-25-20-23-18(26)11-17(29-20)19(27)22-15-5-3-4-6-16(15)28-2/h3-10,17H,11H2,1-2H3,(H,22,27)(H,23,25,26)/b24-12-/t17-/m0/s1. The van der Waals surface area contributed by atoms with Crippen molar-refractivity contribution in [3.05, 3.63) is 59.9 Å². The predicted octanol–water partition coefficient (Wildman–Crippen LogP) is 3.17. The summed E-state index contributed by atoms with van der Waals surface area (Å²) >= 11 is 1.11. The summed E-state index contributed by atoms with van der Waals surface area (Å²) < 4.78 is 18.3. The molecule has 3 rings (SSSR count). The molecule has 1 aliphatic rings. The number of nitrogens with one attached hydrogen (secondary N) is 2. The molecule has 29 heavy (non-hydrogen) atoms. The van der Waals surface area contributed by atoms with Gasteiger partial charge in [0.2, 0.25) is 11.8 Å². The molecule has 0 spiro atoms. The van der Waals surface area contributed by atoms with Crippen LogP contribution in [0.25, 0.3) is 0 Å². The van der Waals surface area contributed by atoms with E-state index in [0.29, 0.717) is 22.7 Å². The number of para-hydroxylation sites is 2. The lowest BCUT2D eigenvalue weighted by molar-refractivity contribution is -0.123. The van der Waals surface area contributed by atoms with E-state index in [1.54, 1.807) is 43.3 Å². The van der Waals surface area contributed by atoms with Gasteiger partial charge in [-0.25, -0.2) is 4.39 Å². The van der Waals surface area contributed by atoms with Crippen molar-refractivity contribution in [2.45, 2.75) is 18.6 Å². The fourth-order valence-electron chi connectivity index (χ4n) is 2.57. The molecule has 2 aromatic carbocycles. The lowest BCUT2D eigenvalue weighted by atomic mass is 10.1. The van der Waals surface area contributed by atoms with E-state index in [1.807, 2.05) is 0 Å². The molecule has 2 aromatic rings. The number of benzene rings is 2. The molecule has 9 heteroatoms. The fourth-order valence-corrected chi connectivity index (χ4v) is 3.50. The third-order valence-electron chi connectivity index (χ3n) is 4.08. The highest BCUT2D eigenvalue weighted by molar-refractivity contribution is 8.15. The van der Waals surface area contributed by atoms with Crippen LogP contribution in [0.2, 0.25) is 0 Å². The van der Waals surface area contributed by atoms with Gasteiger partial charge in [0.15, 0.2) is 5.17 Å². The Balaban J connectivity index is 1.71. The van der Waals surface area contributed by atoms with Crippen molar-refractivity contribution in [3.63, 3.8) is 0 Å². The van der Waals surface area contributed by atoms with Gasteiger partial charge in [0, 0.05) is 6.42 Å². The number of carbonyl (C=O) groups is 2. The molecule has 0 radical (unpaired) electrons.